The largest absolute Gasteiger partial charge is 0.506 e. The number of halogens is 1. The van der Waals surface area contributed by atoms with Crippen LogP contribution in [0.5, 0.6) is 5.75 Å². The molecule has 1 amide bonds. The van der Waals surface area contributed by atoms with Crippen LogP contribution in [0, 0.1) is 0 Å². The summed E-state index contributed by atoms with van der Waals surface area (Å²) in [5.74, 6) is -1.51. The topological polar surface area (TPSA) is 62.5 Å². The number of hydrogen-bond donors (Lipinski definition) is 1. The summed E-state index contributed by atoms with van der Waals surface area (Å²) in [6.45, 7) is -0.918. The second-order valence-corrected chi connectivity index (χ2v) is 5.83. The zero-order valence-corrected chi connectivity index (χ0v) is 14.4. The van der Waals surface area contributed by atoms with E-state index in [2.05, 4.69) is 0 Å². The van der Waals surface area contributed by atoms with Gasteiger partial charge in [-0.2, -0.15) is 0 Å². The molecule has 3 aromatic rings. The Labute approximate surface area is 152 Å². The molecule has 0 aliphatic rings. The van der Waals surface area contributed by atoms with Crippen molar-refractivity contribution in [1.29, 1.82) is 0 Å². The van der Waals surface area contributed by atoms with Gasteiger partial charge in [-0.05, 0) is 31.2 Å². The van der Waals surface area contributed by atoms with Crippen LogP contribution < -0.4 is 10.5 Å². The van der Waals surface area contributed by atoms with Gasteiger partial charge in [-0.15, -0.1) is 0 Å². The van der Waals surface area contributed by atoms with Gasteiger partial charge in [0.25, 0.3) is 11.5 Å². The molecule has 128 valence electrons. The van der Waals surface area contributed by atoms with Crippen LogP contribution in [0.25, 0.3) is 10.9 Å². The van der Waals surface area contributed by atoms with Crippen molar-refractivity contribution in [3.63, 3.8) is 0 Å². The summed E-state index contributed by atoms with van der Waals surface area (Å²) >= 11 is 6.18. The monoisotopic (exact) mass is 358 g/mol. The van der Waals surface area contributed by atoms with Crippen molar-refractivity contribution < 1.29 is 12.6 Å². The van der Waals surface area contributed by atoms with Gasteiger partial charge in [-0.1, -0.05) is 35.9 Å². The van der Waals surface area contributed by atoms with Crippen LogP contribution >= 0.6 is 11.6 Å². The minimum atomic E-state index is -2.12. The SMILES string of the molecule is [2H]C([2H])(C)N(C(=O)c1c(O)c2c(Cl)cccc2n(C)c1=O)c1ccccc1. The van der Waals surface area contributed by atoms with E-state index in [1.807, 2.05) is 0 Å². The molecule has 0 saturated carbocycles. The fourth-order valence-corrected chi connectivity index (χ4v) is 3.02. The van der Waals surface area contributed by atoms with Gasteiger partial charge in [-0.25, -0.2) is 0 Å². The molecule has 0 aliphatic heterocycles. The second-order valence-electron chi connectivity index (χ2n) is 5.42. The maximum atomic E-state index is 13.2. The van der Waals surface area contributed by atoms with Gasteiger partial charge in [0.1, 0.15) is 11.3 Å². The van der Waals surface area contributed by atoms with E-state index >= 15 is 0 Å². The molecule has 25 heavy (non-hydrogen) atoms. The smallest absolute Gasteiger partial charge is 0.267 e. The maximum absolute atomic E-state index is 13.2. The van der Waals surface area contributed by atoms with E-state index in [0.29, 0.717) is 5.52 Å². The molecule has 0 unspecified atom stereocenters. The van der Waals surface area contributed by atoms with E-state index < -0.39 is 29.3 Å². The summed E-state index contributed by atoms with van der Waals surface area (Å²) < 4.78 is 17.3. The van der Waals surface area contributed by atoms with E-state index in [0.717, 1.165) is 4.90 Å². The molecule has 6 heteroatoms. The standard InChI is InChI=1S/C19H17ClN2O3/c1-3-22(12-8-5-4-6-9-12)19(25)16-17(23)15-13(20)10-7-11-14(15)21(2)18(16)24/h4-11,23H,3H2,1-2H3/i3D2. The highest BCUT2D eigenvalue weighted by Crippen LogP contribution is 2.33. The van der Waals surface area contributed by atoms with Crippen molar-refractivity contribution in [1.82, 2.24) is 4.57 Å². The number of fused-ring (bicyclic) bond motifs is 1. The molecule has 1 aromatic heterocycles. The lowest BCUT2D eigenvalue weighted by molar-refractivity contribution is 0.0984. The van der Waals surface area contributed by atoms with E-state index in [1.165, 1.54) is 24.6 Å². The lowest BCUT2D eigenvalue weighted by atomic mass is 10.1. The fraction of sp³-hybridized carbons (Fsp3) is 0.158. The number of carbonyl (C=O) groups excluding carboxylic acids is 1. The Bertz CT molecular complexity index is 1090. The summed E-state index contributed by atoms with van der Waals surface area (Å²) in [7, 11) is 1.46. The number of benzene rings is 2. The number of aromatic hydroxyl groups is 1. The number of aryl methyl sites for hydroxylation is 1. The first-order chi connectivity index (χ1) is 12.6. The molecule has 0 radical (unpaired) electrons. The molecule has 0 fully saturated rings. The molecule has 3 rings (SSSR count). The van der Waals surface area contributed by atoms with Crippen molar-refractivity contribution in [2.75, 3.05) is 11.4 Å². The molecule has 0 bridgehead atoms. The van der Waals surface area contributed by atoms with Gasteiger partial charge in [0.15, 0.2) is 0 Å². The van der Waals surface area contributed by atoms with Gasteiger partial charge >= 0.3 is 0 Å². The predicted octanol–water partition coefficient (Wildman–Crippen LogP) is 3.56. The average Bonchev–Trinajstić information content (AvgIpc) is 2.59. The van der Waals surface area contributed by atoms with Gasteiger partial charge in [0.2, 0.25) is 0 Å². The lowest BCUT2D eigenvalue weighted by Gasteiger charge is -2.22. The van der Waals surface area contributed by atoms with E-state index in [9.17, 15) is 14.7 Å². The normalized spacial score (nSPS) is 12.6. The van der Waals surface area contributed by atoms with E-state index in [4.69, 9.17) is 14.3 Å². The Morgan fingerprint density at radius 1 is 1.24 bits per heavy atom. The summed E-state index contributed by atoms with van der Waals surface area (Å²) in [5, 5.41) is 11.0. The Balaban J connectivity index is 2.32. The molecule has 1 heterocycles. The molecule has 0 saturated heterocycles. The van der Waals surface area contributed by atoms with Crippen LogP contribution in [0.3, 0.4) is 0 Å². The Morgan fingerprint density at radius 3 is 2.56 bits per heavy atom. The first-order valence-electron chi connectivity index (χ1n) is 8.54. The second kappa shape index (κ2) is 6.61. The van der Waals surface area contributed by atoms with Crippen LogP contribution in [0.2, 0.25) is 5.02 Å². The zero-order chi connectivity index (χ0) is 19.9. The zero-order valence-electron chi connectivity index (χ0n) is 15.7. The number of carbonyl (C=O) groups is 1. The third kappa shape index (κ3) is 2.76. The highest BCUT2D eigenvalue weighted by molar-refractivity contribution is 6.36. The fourth-order valence-electron chi connectivity index (χ4n) is 2.76. The summed E-state index contributed by atoms with van der Waals surface area (Å²) in [5.41, 5.74) is -0.645. The summed E-state index contributed by atoms with van der Waals surface area (Å²) in [6, 6.07) is 12.9. The number of nitrogens with zero attached hydrogens (tertiary/aromatic N) is 2. The van der Waals surface area contributed by atoms with Gasteiger partial charge < -0.3 is 14.6 Å². The average molecular weight is 359 g/mol. The Kier molecular flexibility index (Phi) is 3.84. The summed E-state index contributed by atoms with van der Waals surface area (Å²) in [4.78, 5) is 26.9. The molecule has 0 atom stereocenters. The minimum Gasteiger partial charge on any atom is -0.506 e. The van der Waals surface area contributed by atoms with Gasteiger partial charge in [-0.3, -0.25) is 9.59 Å². The van der Waals surface area contributed by atoms with Crippen LogP contribution in [0.4, 0.5) is 5.69 Å². The van der Waals surface area contributed by atoms with Crippen molar-refractivity contribution in [3.8, 4) is 5.75 Å². The molecule has 2 aromatic carbocycles. The van der Waals surface area contributed by atoms with Crippen LogP contribution in [-0.4, -0.2) is 22.1 Å². The first kappa shape index (κ1) is 14.5. The third-order valence-electron chi connectivity index (χ3n) is 4.00. The molecule has 0 spiro atoms. The number of pyridine rings is 1. The van der Waals surface area contributed by atoms with Crippen molar-refractivity contribution in [2.24, 2.45) is 7.05 Å². The van der Waals surface area contributed by atoms with Crippen molar-refractivity contribution >= 4 is 34.1 Å². The third-order valence-corrected chi connectivity index (χ3v) is 4.32. The van der Waals surface area contributed by atoms with Crippen LogP contribution in [0.15, 0.2) is 53.3 Å². The quantitative estimate of drug-likeness (QED) is 0.778. The van der Waals surface area contributed by atoms with Gasteiger partial charge in [0.05, 0.1) is 15.9 Å². The number of amides is 1. The van der Waals surface area contributed by atoms with Gasteiger partial charge in [0, 0.05) is 22.0 Å². The van der Waals surface area contributed by atoms with Crippen LogP contribution in [0.1, 0.15) is 20.0 Å². The molecule has 1 N–H and O–H groups in total. The highest BCUT2D eigenvalue weighted by atomic mass is 35.5. The predicted molar refractivity (Wildman–Crippen MR) is 99.7 cm³/mol. The van der Waals surface area contributed by atoms with Crippen molar-refractivity contribution in [2.45, 2.75) is 6.92 Å². The number of aromatic nitrogens is 1. The molecule has 5 nitrogen and oxygen atoms in total. The number of hydrogen-bond acceptors (Lipinski definition) is 3. The highest BCUT2D eigenvalue weighted by Gasteiger charge is 2.26. The van der Waals surface area contributed by atoms with E-state index in [1.54, 1.807) is 42.5 Å². The maximum Gasteiger partial charge on any atom is 0.267 e. The van der Waals surface area contributed by atoms with Crippen LogP contribution in [-0.2, 0) is 7.05 Å². The molecule has 0 aliphatic carbocycles. The number of para-hydroxylation sites is 1. The minimum absolute atomic E-state index is 0.161. The summed E-state index contributed by atoms with van der Waals surface area (Å²) in [6.07, 6.45) is 0. The first-order valence-corrected chi connectivity index (χ1v) is 7.92. The molecular formula is C19H17ClN2O3. The van der Waals surface area contributed by atoms with E-state index in [-0.39, 0.29) is 16.1 Å². The Hall–Kier alpha value is -2.79. The molecular weight excluding hydrogens is 340 g/mol. The van der Waals surface area contributed by atoms with Crippen molar-refractivity contribution in [3.05, 3.63) is 69.5 Å². The number of rotatable bonds is 3. The number of anilines is 1. The Morgan fingerprint density at radius 2 is 1.92 bits per heavy atom. The lowest BCUT2D eigenvalue weighted by Crippen LogP contribution is -2.36.